The Bertz CT molecular complexity index is 977. The molecule has 2 aromatic carbocycles. The molecular formula is C23H22F3NO2. The third-order valence-corrected chi connectivity index (χ3v) is 5.42. The molecule has 0 fully saturated rings. The highest BCUT2D eigenvalue weighted by atomic mass is 19.4. The van der Waals surface area contributed by atoms with Crippen LogP contribution in [-0.2, 0) is 25.4 Å². The second kappa shape index (κ2) is 7.95. The zero-order valence-electron chi connectivity index (χ0n) is 15.9. The van der Waals surface area contributed by atoms with Gasteiger partial charge in [0.15, 0.2) is 0 Å². The van der Waals surface area contributed by atoms with E-state index in [9.17, 15) is 18.3 Å². The molecule has 0 aliphatic carbocycles. The van der Waals surface area contributed by atoms with Gasteiger partial charge in [-0.3, -0.25) is 0 Å². The molecule has 3 aromatic rings. The Morgan fingerprint density at radius 1 is 0.897 bits per heavy atom. The number of benzene rings is 2. The number of halogens is 3. The van der Waals surface area contributed by atoms with Crippen LogP contribution in [0.4, 0.5) is 13.2 Å². The number of phenolic OH excluding ortho intramolecular Hbond substituents is 1. The SMILES string of the molecule is Oc1ccc2c(c1)CCN(CCc1ccc(-c3ccc(C(F)(F)F)cc3)o1)CC2. The monoisotopic (exact) mass is 401 g/mol. The normalized spacial score (nSPS) is 15.1. The second-order valence-corrected chi connectivity index (χ2v) is 7.39. The molecule has 0 unspecified atom stereocenters. The van der Waals surface area contributed by atoms with Crippen molar-refractivity contribution in [1.29, 1.82) is 0 Å². The van der Waals surface area contributed by atoms with Crippen molar-refractivity contribution in [2.24, 2.45) is 0 Å². The van der Waals surface area contributed by atoms with Crippen LogP contribution in [0.5, 0.6) is 5.75 Å². The number of aromatic hydroxyl groups is 1. The number of fused-ring (bicyclic) bond motifs is 1. The van der Waals surface area contributed by atoms with Crippen molar-refractivity contribution in [1.82, 2.24) is 4.90 Å². The summed E-state index contributed by atoms with van der Waals surface area (Å²) < 4.78 is 43.9. The Labute approximate surface area is 167 Å². The topological polar surface area (TPSA) is 36.6 Å². The number of rotatable bonds is 4. The van der Waals surface area contributed by atoms with Gasteiger partial charge in [0.25, 0.3) is 0 Å². The molecular weight excluding hydrogens is 379 g/mol. The second-order valence-electron chi connectivity index (χ2n) is 7.39. The predicted octanol–water partition coefficient (Wildman–Crippen LogP) is 5.31. The molecule has 4 rings (SSSR count). The van der Waals surface area contributed by atoms with E-state index in [0.29, 0.717) is 17.1 Å². The molecule has 0 saturated heterocycles. The third kappa shape index (κ3) is 4.65. The molecule has 3 nitrogen and oxygen atoms in total. The molecule has 0 amide bonds. The molecule has 1 aliphatic heterocycles. The van der Waals surface area contributed by atoms with Gasteiger partial charge in [0.1, 0.15) is 17.3 Å². The van der Waals surface area contributed by atoms with Crippen LogP contribution in [0.1, 0.15) is 22.5 Å². The lowest BCUT2D eigenvalue weighted by molar-refractivity contribution is -0.137. The first kappa shape index (κ1) is 19.6. The smallest absolute Gasteiger partial charge is 0.416 e. The van der Waals surface area contributed by atoms with E-state index in [1.54, 1.807) is 12.1 Å². The summed E-state index contributed by atoms with van der Waals surface area (Å²) >= 11 is 0. The molecule has 29 heavy (non-hydrogen) atoms. The minimum absolute atomic E-state index is 0.309. The maximum absolute atomic E-state index is 12.7. The van der Waals surface area contributed by atoms with E-state index in [1.807, 2.05) is 18.2 Å². The highest BCUT2D eigenvalue weighted by Crippen LogP contribution is 2.31. The zero-order valence-corrected chi connectivity index (χ0v) is 15.9. The van der Waals surface area contributed by atoms with Gasteiger partial charge in [0.05, 0.1) is 5.56 Å². The quantitative estimate of drug-likeness (QED) is 0.643. The molecule has 0 saturated carbocycles. The molecule has 1 aromatic heterocycles. The highest BCUT2D eigenvalue weighted by Gasteiger charge is 2.30. The Morgan fingerprint density at radius 2 is 1.62 bits per heavy atom. The van der Waals surface area contributed by atoms with E-state index < -0.39 is 11.7 Å². The number of hydrogen-bond donors (Lipinski definition) is 1. The summed E-state index contributed by atoms with van der Waals surface area (Å²) in [4.78, 5) is 2.37. The largest absolute Gasteiger partial charge is 0.508 e. The number of alkyl halides is 3. The minimum Gasteiger partial charge on any atom is -0.508 e. The Morgan fingerprint density at radius 3 is 2.34 bits per heavy atom. The minimum atomic E-state index is -4.33. The van der Waals surface area contributed by atoms with Crippen LogP contribution in [0.15, 0.2) is 59.0 Å². The summed E-state index contributed by atoms with van der Waals surface area (Å²) in [6.07, 6.45) is -1.75. The number of nitrogens with zero attached hydrogens (tertiary/aromatic N) is 1. The van der Waals surface area contributed by atoms with Crippen LogP contribution in [0.3, 0.4) is 0 Å². The maximum atomic E-state index is 12.7. The molecule has 0 atom stereocenters. The highest BCUT2D eigenvalue weighted by molar-refractivity contribution is 5.58. The van der Waals surface area contributed by atoms with Crippen LogP contribution in [-0.4, -0.2) is 29.6 Å². The molecule has 152 valence electrons. The predicted molar refractivity (Wildman–Crippen MR) is 105 cm³/mol. The van der Waals surface area contributed by atoms with Crippen molar-refractivity contribution >= 4 is 0 Å². The fraction of sp³-hybridized carbons (Fsp3) is 0.304. The van der Waals surface area contributed by atoms with Crippen molar-refractivity contribution in [3.05, 3.63) is 77.0 Å². The van der Waals surface area contributed by atoms with Crippen molar-refractivity contribution in [2.75, 3.05) is 19.6 Å². The van der Waals surface area contributed by atoms with Crippen LogP contribution in [0.2, 0.25) is 0 Å². The lowest BCUT2D eigenvalue weighted by atomic mass is 10.0. The summed E-state index contributed by atoms with van der Waals surface area (Å²) in [7, 11) is 0. The number of phenols is 1. The van der Waals surface area contributed by atoms with Gasteiger partial charge in [0, 0.05) is 31.6 Å². The fourth-order valence-corrected chi connectivity index (χ4v) is 3.74. The van der Waals surface area contributed by atoms with Gasteiger partial charge in [-0.2, -0.15) is 13.2 Å². The molecule has 0 spiro atoms. The first-order chi connectivity index (χ1) is 13.9. The van der Waals surface area contributed by atoms with Crippen LogP contribution in [0, 0.1) is 0 Å². The molecule has 1 N–H and O–H groups in total. The van der Waals surface area contributed by atoms with Crippen LogP contribution >= 0.6 is 0 Å². The Hall–Kier alpha value is -2.73. The van der Waals surface area contributed by atoms with Crippen molar-refractivity contribution in [3.8, 4) is 17.1 Å². The summed E-state index contributed by atoms with van der Waals surface area (Å²) in [5.74, 6) is 1.70. The van der Waals surface area contributed by atoms with Gasteiger partial charge >= 0.3 is 6.18 Å². The third-order valence-electron chi connectivity index (χ3n) is 5.42. The summed E-state index contributed by atoms with van der Waals surface area (Å²) in [6, 6.07) is 14.3. The molecule has 6 heteroatoms. The van der Waals surface area contributed by atoms with Gasteiger partial charge < -0.3 is 14.4 Å². The molecule has 0 bridgehead atoms. The molecule has 2 heterocycles. The van der Waals surface area contributed by atoms with Crippen molar-refractivity contribution in [3.63, 3.8) is 0 Å². The van der Waals surface area contributed by atoms with E-state index in [-0.39, 0.29) is 0 Å². The summed E-state index contributed by atoms with van der Waals surface area (Å²) in [5, 5.41) is 9.67. The zero-order chi connectivity index (χ0) is 20.4. The summed E-state index contributed by atoms with van der Waals surface area (Å²) in [5.41, 5.74) is 2.46. The first-order valence-electron chi connectivity index (χ1n) is 9.68. The lowest BCUT2D eigenvalue weighted by Gasteiger charge is -2.18. The van der Waals surface area contributed by atoms with Crippen molar-refractivity contribution in [2.45, 2.75) is 25.4 Å². The van der Waals surface area contributed by atoms with E-state index >= 15 is 0 Å². The fourth-order valence-electron chi connectivity index (χ4n) is 3.74. The van der Waals surface area contributed by atoms with E-state index in [4.69, 9.17) is 4.42 Å². The van der Waals surface area contributed by atoms with Gasteiger partial charge in [-0.25, -0.2) is 0 Å². The Balaban J connectivity index is 1.35. The average Bonchev–Trinajstić information content (AvgIpc) is 3.08. The number of hydrogen-bond acceptors (Lipinski definition) is 3. The molecule has 0 radical (unpaired) electrons. The van der Waals surface area contributed by atoms with Gasteiger partial charge in [-0.05, 0) is 60.4 Å². The van der Waals surface area contributed by atoms with Crippen LogP contribution < -0.4 is 0 Å². The van der Waals surface area contributed by atoms with Crippen molar-refractivity contribution < 1.29 is 22.7 Å². The summed E-state index contributed by atoms with van der Waals surface area (Å²) in [6.45, 7) is 2.72. The van der Waals surface area contributed by atoms with Gasteiger partial charge in [-0.1, -0.05) is 18.2 Å². The first-order valence-corrected chi connectivity index (χ1v) is 9.68. The molecule has 1 aliphatic rings. The van der Waals surface area contributed by atoms with Crippen LogP contribution in [0.25, 0.3) is 11.3 Å². The standard InChI is InChI=1S/C23H22F3NO2/c24-23(25,26)19-4-1-17(2-5-19)22-8-7-21(29-22)11-14-27-12-9-16-3-6-20(28)15-18(16)10-13-27/h1-8,15,28H,9-14H2. The van der Waals surface area contributed by atoms with E-state index in [0.717, 1.165) is 56.8 Å². The number of furan rings is 1. The van der Waals surface area contributed by atoms with Gasteiger partial charge in [-0.15, -0.1) is 0 Å². The van der Waals surface area contributed by atoms with E-state index in [1.165, 1.54) is 23.3 Å². The lowest BCUT2D eigenvalue weighted by Crippen LogP contribution is -2.28. The van der Waals surface area contributed by atoms with Gasteiger partial charge in [0.2, 0.25) is 0 Å². The average molecular weight is 401 g/mol. The maximum Gasteiger partial charge on any atom is 0.416 e. The Kier molecular flexibility index (Phi) is 5.37. The van der Waals surface area contributed by atoms with E-state index in [2.05, 4.69) is 4.90 Å².